The molecule has 1 rings (SSSR count). The Bertz CT molecular complexity index is 398. The Morgan fingerprint density at radius 1 is 1.56 bits per heavy atom. The number of rotatable bonds is 6. The lowest BCUT2D eigenvalue weighted by molar-refractivity contribution is -0.390. The second-order valence-corrected chi connectivity index (χ2v) is 3.09. The summed E-state index contributed by atoms with van der Waals surface area (Å²) in [6, 6.07) is 3.14. The Labute approximate surface area is 93.6 Å². The third kappa shape index (κ3) is 3.58. The fraction of sp³-hybridized carbons (Fsp3) is 0.364. The van der Waals surface area contributed by atoms with Gasteiger partial charge in [-0.15, -0.1) is 12.3 Å². The minimum Gasteiger partial charge on any atom is -0.486 e. The van der Waals surface area contributed by atoms with Crippen LogP contribution in [0.3, 0.4) is 0 Å². The number of hydrogen-bond acceptors (Lipinski definition) is 4. The normalized spacial score (nSPS) is 9.44. The van der Waals surface area contributed by atoms with Crippen molar-refractivity contribution in [2.75, 3.05) is 6.61 Å². The van der Waals surface area contributed by atoms with Crippen LogP contribution in [0.5, 0.6) is 5.75 Å². The van der Waals surface area contributed by atoms with Crippen molar-refractivity contribution in [3.05, 3.63) is 28.4 Å². The number of nitrogens with zero attached hydrogens (tertiary/aromatic N) is 2. The van der Waals surface area contributed by atoms with Gasteiger partial charge < -0.3 is 14.9 Å². The molecule has 5 nitrogen and oxygen atoms in total. The Balaban J connectivity index is 2.47. The molecule has 1 aromatic rings. The van der Waals surface area contributed by atoms with E-state index >= 15 is 0 Å². The van der Waals surface area contributed by atoms with Crippen molar-refractivity contribution in [3.8, 4) is 18.1 Å². The maximum absolute atomic E-state index is 10.6. The lowest BCUT2D eigenvalue weighted by Crippen LogP contribution is -2.01. The van der Waals surface area contributed by atoms with E-state index in [1.807, 2.05) is 0 Å². The van der Waals surface area contributed by atoms with E-state index in [0.29, 0.717) is 13.0 Å². The van der Waals surface area contributed by atoms with Crippen molar-refractivity contribution < 1.29 is 9.66 Å². The number of pyridine rings is 1. The summed E-state index contributed by atoms with van der Waals surface area (Å²) in [5, 5.41) is 10.6. The Kier molecular flexibility index (Phi) is 4.80. The molecule has 0 unspecified atom stereocenters. The highest BCUT2D eigenvalue weighted by Gasteiger charge is 2.14. The van der Waals surface area contributed by atoms with Crippen LogP contribution in [-0.2, 0) is 0 Å². The van der Waals surface area contributed by atoms with Gasteiger partial charge in [0.05, 0.1) is 6.61 Å². The van der Waals surface area contributed by atoms with E-state index in [1.54, 1.807) is 6.07 Å². The van der Waals surface area contributed by atoms with Crippen molar-refractivity contribution in [3.63, 3.8) is 0 Å². The molecule has 0 spiro atoms. The van der Waals surface area contributed by atoms with E-state index in [0.717, 1.165) is 12.8 Å². The first-order valence-electron chi connectivity index (χ1n) is 4.91. The topological polar surface area (TPSA) is 65.3 Å². The summed E-state index contributed by atoms with van der Waals surface area (Å²) in [6.07, 6.45) is 8.78. The standard InChI is InChI=1S/C11H12N2O3/c1-2-3-4-5-9-16-10-7-6-8-12-11(10)13(14)15/h1,6-8H,3-5,9H2. The summed E-state index contributed by atoms with van der Waals surface area (Å²) < 4.78 is 5.27. The summed E-state index contributed by atoms with van der Waals surface area (Å²) >= 11 is 0. The molecule has 0 amide bonds. The van der Waals surface area contributed by atoms with Gasteiger partial charge in [0, 0.05) is 6.42 Å². The average molecular weight is 220 g/mol. The Hall–Kier alpha value is -2.09. The zero-order valence-corrected chi connectivity index (χ0v) is 8.76. The quantitative estimate of drug-likeness (QED) is 0.319. The largest absolute Gasteiger partial charge is 0.486 e. The van der Waals surface area contributed by atoms with Gasteiger partial charge >= 0.3 is 5.82 Å². The molecule has 0 atom stereocenters. The molecule has 0 aliphatic carbocycles. The molecular weight excluding hydrogens is 208 g/mol. The molecule has 0 N–H and O–H groups in total. The molecule has 0 bridgehead atoms. The van der Waals surface area contributed by atoms with Crippen molar-refractivity contribution in [1.29, 1.82) is 0 Å². The van der Waals surface area contributed by atoms with E-state index in [1.165, 1.54) is 12.3 Å². The maximum atomic E-state index is 10.6. The molecule has 0 saturated carbocycles. The summed E-state index contributed by atoms with van der Waals surface area (Å²) in [7, 11) is 0. The first-order chi connectivity index (χ1) is 7.75. The molecular formula is C11H12N2O3. The van der Waals surface area contributed by atoms with E-state index < -0.39 is 4.92 Å². The molecule has 1 aromatic heterocycles. The fourth-order valence-electron chi connectivity index (χ4n) is 1.14. The lowest BCUT2D eigenvalue weighted by Gasteiger charge is -2.04. The second-order valence-electron chi connectivity index (χ2n) is 3.09. The lowest BCUT2D eigenvalue weighted by atomic mass is 10.2. The van der Waals surface area contributed by atoms with Crippen LogP contribution in [0, 0.1) is 22.5 Å². The van der Waals surface area contributed by atoms with Gasteiger partial charge in [0.15, 0.2) is 0 Å². The highest BCUT2D eigenvalue weighted by molar-refractivity contribution is 5.38. The van der Waals surface area contributed by atoms with Crippen molar-refractivity contribution in [2.45, 2.75) is 19.3 Å². The summed E-state index contributed by atoms with van der Waals surface area (Å²) in [5.74, 6) is 2.47. The van der Waals surface area contributed by atoms with Crippen LogP contribution in [0.2, 0.25) is 0 Å². The van der Waals surface area contributed by atoms with E-state index in [2.05, 4.69) is 10.9 Å². The minimum atomic E-state index is -0.559. The molecule has 1 heterocycles. The van der Waals surface area contributed by atoms with E-state index in [-0.39, 0.29) is 11.6 Å². The first kappa shape index (κ1) is 12.0. The number of ether oxygens (including phenoxy) is 1. The second kappa shape index (κ2) is 6.40. The van der Waals surface area contributed by atoms with Crippen molar-refractivity contribution in [1.82, 2.24) is 4.98 Å². The molecule has 0 radical (unpaired) electrons. The highest BCUT2D eigenvalue weighted by atomic mass is 16.6. The van der Waals surface area contributed by atoms with E-state index in [9.17, 15) is 10.1 Å². The summed E-state index contributed by atoms with van der Waals surface area (Å²) in [5.41, 5.74) is 0. The van der Waals surface area contributed by atoms with Crippen LogP contribution >= 0.6 is 0 Å². The van der Waals surface area contributed by atoms with Gasteiger partial charge in [-0.05, 0) is 34.9 Å². The number of terminal acetylenes is 1. The third-order valence-electron chi connectivity index (χ3n) is 1.90. The molecule has 5 heteroatoms. The molecule has 0 aromatic carbocycles. The first-order valence-corrected chi connectivity index (χ1v) is 4.91. The van der Waals surface area contributed by atoms with Crippen molar-refractivity contribution in [2.24, 2.45) is 0 Å². The number of hydrogen-bond donors (Lipinski definition) is 0. The average Bonchev–Trinajstić information content (AvgIpc) is 2.29. The molecule has 0 saturated heterocycles. The molecule has 16 heavy (non-hydrogen) atoms. The van der Waals surface area contributed by atoms with Crippen LogP contribution < -0.4 is 4.74 Å². The predicted molar refractivity (Wildman–Crippen MR) is 59.1 cm³/mol. The summed E-state index contributed by atoms with van der Waals surface area (Å²) in [6.45, 7) is 0.411. The zero-order chi connectivity index (χ0) is 11.8. The Morgan fingerprint density at radius 3 is 3.06 bits per heavy atom. The minimum absolute atomic E-state index is 0.202. The fourth-order valence-corrected chi connectivity index (χ4v) is 1.14. The number of aromatic nitrogens is 1. The van der Waals surface area contributed by atoms with Crippen LogP contribution in [0.15, 0.2) is 18.3 Å². The predicted octanol–water partition coefficient (Wildman–Crippen LogP) is 2.17. The van der Waals surface area contributed by atoms with Crippen LogP contribution in [0.4, 0.5) is 5.82 Å². The van der Waals surface area contributed by atoms with Gasteiger partial charge in [0.2, 0.25) is 5.75 Å². The molecule has 84 valence electrons. The van der Waals surface area contributed by atoms with Crippen LogP contribution in [-0.4, -0.2) is 16.5 Å². The molecule has 0 fully saturated rings. The maximum Gasteiger partial charge on any atom is 0.406 e. The monoisotopic (exact) mass is 220 g/mol. The van der Waals surface area contributed by atoms with Gasteiger partial charge in [-0.2, -0.15) is 0 Å². The number of nitro groups is 1. The molecule has 0 aliphatic heterocycles. The van der Waals surface area contributed by atoms with Gasteiger partial charge in [-0.1, -0.05) is 0 Å². The smallest absolute Gasteiger partial charge is 0.406 e. The zero-order valence-electron chi connectivity index (χ0n) is 8.76. The van der Waals surface area contributed by atoms with Crippen LogP contribution in [0.1, 0.15) is 19.3 Å². The van der Waals surface area contributed by atoms with Gasteiger partial charge in [-0.3, -0.25) is 0 Å². The van der Waals surface area contributed by atoms with Crippen LogP contribution in [0.25, 0.3) is 0 Å². The highest BCUT2D eigenvalue weighted by Crippen LogP contribution is 2.22. The summed E-state index contributed by atoms with van der Waals surface area (Å²) in [4.78, 5) is 13.7. The Morgan fingerprint density at radius 2 is 2.38 bits per heavy atom. The van der Waals surface area contributed by atoms with E-state index in [4.69, 9.17) is 11.2 Å². The van der Waals surface area contributed by atoms with Crippen molar-refractivity contribution >= 4 is 5.82 Å². The van der Waals surface area contributed by atoms with Gasteiger partial charge in [-0.25, -0.2) is 0 Å². The number of unbranched alkanes of at least 4 members (excludes halogenated alkanes) is 2. The van der Waals surface area contributed by atoms with Gasteiger partial charge in [0.1, 0.15) is 6.20 Å². The SMILES string of the molecule is C#CCCCCOc1cccnc1[N+](=O)[O-]. The third-order valence-corrected chi connectivity index (χ3v) is 1.90. The molecule has 0 aliphatic rings. The van der Waals surface area contributed by atoms with Gasteiger partial charge in [0.25, 0.3) is 0 Å².